The summed E-state index contributed by atoms with van der Waals surface area (Å²) in [6.45, 7) is 4.64. The summed E-state index contributed by atoms with van der Waals surface area (Å²) in [6.07, 6.45) is 0. The highest BCUT2D eigenvalue weighted by atomic mass is 79.9. The fourth-order valence-electron chi connectivity index (χ4n) is 3.02. The molecule has 0 aliphatic carbocycles. The van der Waals surface area contributed by atoms with Crippen LogP contribution >= 0.6 is 15.9 Å². The minimum Gasteiger partial charge on any atom is -0.493 e. The van der Waals surface area contributed by atoms with Crippen molar-refractivity contribution in [3.8, 4) is 11.5 Å². The quantitative estimate of drug-likeness (QED) is 0.430. The molecule has 0 aliphatic rings. The molecule has 6 heteroatoms. The van der Waals surface area contributed by atoms with Crippen LogP contribution in [0.25, 0.3) is 0 Å². The Morgan fingerprint density at radius 3 is 2.40 bits per heavy atom. The second-order valence-electron chi connectivity index (χ2n) is 6.98. The van der Waals surface area contributed by atoms with Gasteiger partial charge in [-0.25, -0.2) is 0 Å². The third-order valence-electron chi connectivity index (χ3n) is 4.50. The van der Waals surface area contributed by atoms with Gasteiger partial charge in [-0.1, -0.05) is 45.8 Å². The van der Waals surface area contributed by atoms with Crippen molar-refractivity contribution >= 4 is 33.2 Å². The molecule has 3 rings (SSSR count). The Morgan fingerprint density at radius 1 is 1.00 bits per heavy atom. The highest BCUT2D eigenvalue weighted by Crippen LogP contribution is 2.34. The zero-order valence-corrected chi connectivity index (χ0v) is 18.9. The summed E-state index contributed by atoms with van der Waals surface area (Å²) < 4.78 is 12.5. The van der Waals surface area contributed by atoms with Crippen LogP contribution < -0.4 is 20.1 Å². The van der Waals surface area contributed by atoms with Gasteiger partial charge >= 0.3 is 0 Å². The van der Waals surface area contributed by atoms with Crippen LogP contribution in [0.2, 0.25) is 0 Å². The van der Waals surface area contributed by atoms with Gasteiger partial charge in [0.05, 0.1) is 7.11 Å². The summed E-state index contributed by atoms with van der Waals surface area (Å²) in [5.74, 6) is 1.29. The number of nitrogens with one attached hydrogen (secondary N) is 2. The van der Waals surface area contributed by atoms with Gasteiger partial charge in [-0.3, -0.25) is 4.79 Å². The SMILES string of the molecule is COc1cc(CNc2ccc(NC(C)=O)cc2)c(Br)cc1OCc1cccc(C)c1. The van der Waals surface area contributed by atoms with Crippen molar-refractivity contribution < 1.29 is 14.3 Å². The first-order valence-electron chi connectivity index (χ1n) is 9.61. The van der Waals surface area contributed by atoms with Crippen LogP contribution in [-0.4, -0.2) is 13.0 Å². The van der Waals surface area contributed by atoms with Crippen molar-refractivity contribution in [2.24, 2.45) is 0 Å². The normalized spacial score (nSPS) is 10.4. The molecular formula is C24H25BrN2O3. The third-order valence-corrected chi connectivity index (χ3v) is 5.24. The smallest absolute Gasteiger partial charge is 0.221 e. The maximum absolute atomic E-state index is 11.1. The van der Waals surface area contributed by atoms with E-state index in [9.17, 15) is 4.79 Å². The summed E-state index contributed by atoms with van der Waals surface area (Å²) in [7, 11) is 1.64. The van der Waals surface area contributed by atoms with Crippen LogP contribution in [0.4, 0.5) is 11.4 Å². The van der Waals surface area contributed by atoms with E-state index >= 15 is 0 Å². The first kappa shape index (κ1) is 21.7. The van der Waals surface area contributed by atoms with E-state index in [2.05, 4.69) is 45.6 Å². The summed E-state index contributed by atoms with van der Waals surface area (Å²) in [5.41, 5.74) is 5.08. The van der Waals surface area contributed by atoms with Gasteiger partial charge < -0.3 is 20.1 Å². The standard InChI is InChI=1S/C24H25BrN2O3/c1-16-5-4-6-18(11-16)15-30-24-13-22(25)19(12-23(24)29-3)14-26-20-7-9-21(10-8-20)27-17(2)28/h4-13,26H,14-15H2,1-3H3,(H,27,28). The van der Waals surface area contributed by atoms with Crippen molar-refractivity contribution in [2.75, 3.05) is 17.7 Å². The Hall–Kier alpha value is -2.99. The molecule has 0 bridgehead atoms. The van der Waals surface area contributed by atoms with Gasteiger partial charge in [0.15, 0.2) is 11.5 Å². The molecule has 0 spiro atoms. The zero-order valence-electron chi connectivity index (χ0n) is 17.3. The Kier molecular flexibility index (Phi) is 7.36. The van der Waals surface area contributed by atoms with E-state index < -0.39 is 0 Å². The number of carbonyl (C=O) groups is 1. The van der Waals surface area contributed by atoms with Crippen molar-refractivity contribution in [1.82, 2.24) is 0 Å². The Bertz CT molecular complexity index is 1020. The fourth-order valence-corrected chi connectivity index (χ4v) is 3.48. The highest BCUT2D eigenvalue weighted by molar-refractivity contribution is 9.10. The number of aryl methyl sites for hydroxylation is 1. The third kappa shape index (κ3) is 6.00. The molecule has 3 aromatic carbocycles. The fraction of sp³-hybridized carbons (Fsp3) is 0.208. The maximum atomic E-state index is 11.1. The number of rotatable bonds is 8. The van der Waals surface area contributed by atoms with E-state index in [0.29, 0.717) is 24.7 Å². The predicted molar refractivity (Wildman–Crippen MR) is 124 cm³/mol. The zero-order chi connectivity index (χ0) is 21.5. The number of hydrogen-bond acceptors (Lipinski definition) is 4. The van der Waals surface area contributed by atoms with Crippen LogP contribution in [0.15, 0.2) is 65.1 Å². The molecule has 0 unspecified atom stereocenters. The van der Waals surface area contributed by atoms with Gasteiger partial charge in [-0.05, 0) is 54.4 Å². The Balaban J connectivity index is 1.66. The van der Waals surface area contributed by atoms with E-state index in [-0.39, 0.29) is 5.91 Å². The molecule has 0 radical (unpaired) electrons. The predicted octanol–water partition coefficient (Wildman–Crippen LogP) is 5.92. The van der Waals surface area contributed by atoms with Crippen LogP contribution in [0.5, 0.6) is 11.5 Å². The molecule has 1 amide bonds. The number of methoxy groups -OCH3 is 1. The maximum Gasteiger partial charge on any atom is 0.221 e. The number of amides is 1. The summed E-state index contributed by atoms with van der Waals surface area (Å²) in [6, 6.07) is 19.7. The molecule has 0 fully saturated rings. The lowest BCUT2D eigenvalue weighted by Gasteiger charge is -2.15. The minimum absolute atomic E-state index is 0.0866. The second-order valence-corrected chi connectivity index (χ2v) is 7.84. The average Bonchev–Trinajstić information content (AvgIpc) is 2.72. The summed E-state index contributed by atoms with van der Waals surface area (Å²) in [5, 5.41) is 6.14. The van der Waals surface area contributed by atoms with E-state index in [1.807, 2.05) is 48.5 Å². The number of hydrogen-bond donors (Lipinski definition) is 2. The molecule has 2 N–H and O–H groups in total. The van der Waals surface area contributed by atoms with Crippen molar-refractivity contribution in [2.45, 2.75) is 27.0 Å². The number of carbonyl (C=O) groups excluding carboxylic acids is 1. The number of ether oxygens (including phenoxy) is 2. The lowest BCUT2D eigenvalue weighted by atomic mass is 10.1. The van der Waals surface area contributed by atoms with Crippen LogP contribution in [0, 0.1) is 6.92 Å². The van der Waals surface area contributed by atoms with Gasteiger partial charge in [0.2, 0.25) is 5.91 Å². The molecule has 30 heavy (non-hydrogen) atoms. The summed E-state index contributed by atoms with van der Waals surface area (Å²) >= 11 is 3.64. The monoisotopic (exact) mass is 468 g/mol. The molecule has 0 saturated heterocycles. The molecule has 0 heterocycles. The van der Waals surface area contributed by atoms with Crippen LogP contribution in [0.3, 0.4) is 0 Å². The lowest BCUT2D eigenvalue weighted by molar-refractivity contribution is -0.114. The number of anilines is 2. The lowest BCUT2D eigenvalue weighted by Crippen LogP contribution is -2.06. The molecule has 3 aromatic rings. The van der Waals surface area contributed by atoms with Gasteiger partial charge in [0.25, 0.3) is 0 Å². The molecule has 0 atom stereocenters. The minimum atomic E-state index is -0.0866. The van der Waals surface area contributed by atoms with E-state index in [0.717, 1.165) is 27.0 Å². The van der Waals surface area contributed by atoms with E-state index in [4.69, 9.17) is 9.47 Å². The van der Waals surface area contributed by atoms with Crippen molar-refractivity contribution in [3.05, 3.63) is 81.8 Å². The Labute approximate surface area is 185 Å². The summed E-state index contributed by atoms with van der Waals surface area (Å²) in [4.78, 5) is 11.1. The average molecular weight is 469 g/mol. The second kappa shape index (κ2) is 10.2. The van der Waals surface area contributed by atoms with Gasteiger partial charge in [0.1, 0.15) is 6.61 Å². The largest absolute Gasteiger partial charge is 0.493 e. The number of halogens is 1. The van der Waals surface area contributed by atoms with Crippen molar-refractivity contribution in [1.29, 1.82) is 0 Å². The van der Waals surface area contributed by atoms with E-state index in [1.54, 1.807) is 7.11 Å². The van der Waals surface area contributed by atoms with E-state index in [1.165, 1.54) is 12.5 Å². The molecule has 0 aliphatic heterocycles. The van der Waals surface area contributed by atoms with Gasteiger partial charge in [0, 0.05) is 29.3 Å². The van der Waals surface area contributed by atoms with Crippen molar-refractivity contribution in [3.63, 3.8) is 0 Å². The van der Waals surface area contributed by atoms with Gasteiger partial charge in [-0.15, -0.1) is 0 Å². The van der Waals surface area contributed by atoms with Crippen LogP contribution in [-0.2, 0) is 17.9 Å². The molecule has 0 saturated carbocycles. The molecule has 156 valence electrons. The highest BCUT2D eigenvalue weighted by Gasteiger charge is 2.11. The first-order valence-corrected chi connectivity index (χ1v) is 10.4. The molecule has 0 aromatic heterocycles. The molecular weight excluding hydrogens is 444 g/mol. The first-order chi connectivity index (χ1) is 14.4. The van der Waals surface area contributed by atoms with Gasteiger partial charge in [-0.2, -0.15) is 0 Å². The van der Waals surface area contributed by atoms with Crippen LogP contribution in [0.1, 0.15) is 23.6 Å². The topological polar surface area (TPSA) is 59.6 Å². The number of benzene rings is 3. The molecule has 5 nitrogen and oxygen atoms in total. The Morgan fingerprint density at radius 2 is 1.73 bits per heavy atom.